The van der Waals surface area contributed by atoms with Crippen LogP contribution >= 0.6 is 23.2 Å². The topological polar surface area (TPSA) is 118 Å². The van der Waals surface area contributed by atoms with Crippen molar-refractivity contribution in [1.82, 2.24) is 9.97 Å². The number of hydrogen-bond donors (Lipinski definition) is 3. The molecule has 0 bridgehead atoms. The highest BCUT2D eigenvalue weighted by molar-refractivity contribution is 7.86. The van der Waals surface area contributed by atoms with Crippen molar-refractivity contribution in [3.8, 4) is 0 Å². The van der Waals surface area contributed by atoms with Gasteiger partial charge in [0, 0.05) is 5.69 Å². The number of halogens is 3. The maximum absolute atomic E-state index is 13.1. The lowest BCUT2D eigenvalue weighted by Gasteiger charge is -2.10. The zero-order chi connectivity index (χ0) is 15.8. The quantitative estimate of drug-likeness (QED) is 0.336. The van der Waals surface area contributed by atoms with Crippen LogP contribution in [-0.4, -0.2) is 22.9 Å². The van der Waals surface area contributed by atoms with Gasteiger partial charge in [-0.25, -0.2) is 0 Å². The maximum atomic E-state index is 13.1. The molecule has 0 radical (unpaired) electrons. The first-order chi connectivity index (χ1) is 9.68. The van der Waals surface area contributed by atoms with Crippen LogP contribution in [0.4, 0.5) is 21.6 Å². The van der Waals surface area contributed by atoms with E-state index in [1.165, 1.54) is 12.1 Å². The molecule has 0 fully saturated rings. The minimum atomic E-state index is -4.43. The predicted molar refractivity (Wildman–Crippen MR) is 76.0 cm³/mol. The third kappa shape index (κ3) is 3.50. The number of hydrogen-bond acceptors (Lipinski definition) is 6. The second-order valence-corrected chi connectivity index (χ2v) is 5.92. The number of benzene rings is 1. The van der Waals surface area contributed by atoms with E-state index < -0.39 is 21.1 Å². The fraction of sp³-hybridized carbons (Fsp3) is 0. The van der Waals surface area contributed by atoms with Crippen molar-refractivity contribution in [3.05, 3.63) is 34.5 Å². The summed E-state index contributed by atoms with van der Waals surface area (Å²) in [6, 6.07) is 3.55. The normalized spacial score (nSPS) is 11.4. The Kier molecular flexibility index (Phi) is 4.19. The summed E-state index contributed by atoms with van der Waals surface area (Å²) in [6.45, 7) is 0. The smallest absolute Gasteiger partial charge is 0.312 e. The highest BCUT2D eigenvalue weighted by Gasteiger charge is 2.15. The average Bonchev–Trinajstić information content (AvgIpc) is 2.33. The average molecular weight is 353 g/mol. The van der Waals surface area contributed by atoms with E-state index in [0.29, 0.717) is 0 Å². The summed E-state index contributed by atoms with van der Waals surface area (Å²) in [5.74, 6) is -0.117. The SMILES string of the molecule is Nc1cc(Nc2nc(F)nc(Cl)c2Cl)ccc1S(=O)(=O)O. The van der Waals surface area contributed by atoms with E-state index in [4.69, 9.17) is 33.5 Å². The van der Waals surface area contributed by atoms with Gasteiger partial charge in [0.25, 0.3) is 10.1 Å². The van der Waals surface area contributed by atoms with Crippen molar-refractivity contribution in [2.45, 2.75) is 4.90 Å². The van der Waals surface area contributed by atoms with Gasteiger partial charge < -0.3 is 11.1 Å². The van der Waals surface area contributed by atoms with Crippen LogP contribution in [0, 0.1) is 6.08 Å². The van der Waals surface area contributed by atoms with Gasteiger partial charge in [0.05, 0.1) is 5.69 Å². The molecule has 4 N–H and O–H groups in total. The van der Waals surface area contributed by atoms with Crippen LogP contribution in [-0.2, 0) is 10.1 Å². The predicted octanol–water partition coefficient (Wildman–Crippen LogP) is 2.50. The van der Waals surface area contributed by atoms with Gasteiger partial charge in [0.15, 0.2) is 11.0 Å². The Morgan fingerprint density at radius 2 is 1.95 bits per heavy atom. The fourth-order valence-corrected chi connectivity index (χ4v) is 2.36. The van der Waals surface area contributed by atoms with Gasteiger partial charge in [0.2, 0.25) is 0 Å². The number of anilines is 3. The molecule has 0 amide bonds. The third-order valence-corrected chi connectivity index (χ3v) is 3.99. The van der Waals surface area contributed by atoms with Crippen molar-refractivity contribution in [3.63, 3.8) is 0 Å². The highest BCUT2D eigenvalue weighted by Crippen LogP contribution is 2.30. The second kappa shape index (κ2) is 5.60. The lowest BCUT2D eigenvalue weighted by atomic mass is 10.3. The molecule has 11 heteroatoms. The molecule has 0 saturated carbocycles. The molecule has 1 aromatic carbocycles. The van der Waals surface area contributed by atoms with Crippen molar-refractivity contribution in [2.75, 3.05) is 11.1 Å². The standard InChI is InChI=1S/C10H7Cl2FN4O3S/c11-7-8(12)16-10(13)17-9(7)15-4-1-2-6(5(14)3-4)21(18,19)20/h1-3H,14H2,(H,15,16,17)(H,18,19,20). The van der Waals surface area contributed by atoms with E-state index >= 15 is 0 Å². The molecule has 21 heavy (non-hydrogen) atoms. The van der Waals surface area contributed by atoms with Crippen LogP contribution in [0.15, 0.2) is 23.1 Å². The Labute approximate surface area is 128 Å². The second-order valence-electron chi connectivity index (χ2n) is 3.80. The van der Waals surface area contributed by atoms with Crippen molar-refractivity contribution >= 4 is 50.5 Å². The minimum Gasteiger partial charge on any atom is -0.398 e. The van der Waals surface area contributed by atoms with Crippen molar-refractivity contribution in [1.29, 1.82) is 0 Å². The monoisotopic (exact) mass is 352 g/mol. The molecular formula is C10H7Cl2FN4O3S. The van der Waals surface area contributed by atoms with E-state index in [0.717, 1.165) is 6.07 Å². The Balaban J connectivity index is 2.40. The highest BCUT2D eigenvalue weighted by atomic mass is 35.5. The van der Waals surface area contributed by atoms with E-state index in [-0.39, 0.29) is 27.4 Å². The summed E-state index contributed by atoms with van der Waals surface area (Å²) in [5.41, 5.74) is 5.57. The summed E-state index contributed by atoms with van der Waals surface area (Å²) in [5, 5.41) is 2.21. The molecule has 1 heterocycles. The third-order valence-electron chi connectivity index (χ3n) is 2.33. The zero-order valence-electron chi connectivity index (χ0n) is 10.0. The Hall–Kier alpha value is -1.68. The number of nitrogen functional groups attached to an aromatic ring is 1. The number of nitrogens with zero attached hydrogens (tertiary/aromatic N) is 2. The number of nitrogens with one attached hydrogen (secondary N) is 1. The summed E-state index contributed by atoms with van der Waals surface area (Å²) in [7, 11) is -4.43. The number of nitrogens with two attached hydrogens (primary N) is 1. The van der Waals surface area contributed by atoms with Crippen molar-refractivity contribution < 1.29 is 17.4 Å². The van der Waals surface area contributed by atoms with E-state index in [2.05, 4.69) is 15.3 Å². The summed E-state index contributed by atoms with van der Waals surface area (Å²) in [4.78, 5) is 6.18. The summed E-state index contributed by atoms with van der Waals surface area (Å²) < 4.78 is 44.0. The molecule has 0 spiro atoms. The molecule has 0 aliphatic rings. The molecule has 0 atom stereocenters. The molecule has 0 aliphatic carbocycles. The number of rotatable bonds is 3. The van der Waals surface area contributed by atoms with Crippen LogP contribution in [0.3, 0.4) is 0 Å². The van der Waals surface area contributed by atoms with Gasteiger partial charge in [-0.15, -0.1) is 0 Å². The molecule has 7 nitrogen and oxygen atoms in total. The van der Waals surface area contributed by atoms with E-state index in [1.807, 2.05) is 0 Å². The van der Waals surface area contributed by atoms with Gasteiger partial charge in [0.1, 0.15) is 9.92 Å². The Morgan fingerprint density at radius 3 is 2.52 bits per heavy atom. The molecule has 0 unspecified atom stereocenters. The Bertz CT molecular complexity index is 816. The molecule has 2 aromatic rings. The molecule has 0 aliphatic heterocycles. The van der Waals surface area contributed by atoms with Crippen LogP contribution in [0.5, 0.6) is 0 Å². The van der Waals surface area contributed by atoms with Gasteiger partial charge in [-0.2, -0.15) is 22.8 Å². The molecule has 0 saturated heterocycles. The van der Waals surface area contributed by atoms with Gasteiger partial charge >= 0.3 is 6.08 Å². The van der Waals surface area contributed by atoms with E-state index in [1.54, 1.807) is 0 Å². The fourth-order valence-electron chi connectivity index (χ4n) is 1.47. The van der Waals surface area contributed by atoms with Crippen LogP contribution in [0.25, 0.3) is 0 Å². The first-order valence-corrected chi connectivity index (χ1v) is 7.40. The Morgan fingerprint density at radius 1 is 1.29 bits per heavy atom. The maximum Gasteiger partial charge on any atom is 0.312 e. The van der Waals surface area contributed by atoms with E-state index in [9.17, 15) is 12.8 Å². The van der Waals surface area contributed by atoms with Gasteiger partial charge in [-0.05, 0) is 18.2 Å². The molecule has 1 aromatic heterocycles. The van der Waals surface area contributed by atoms with Gasteiger partial charge in [-0.1, -0.05) is 23.2 Å². The lowest BCUT2D eigenvalue weighted by Crippen LogP contribution is -2.04. The lowest BCUT2D eigenvalue weighted by molar-refractivity contribution is 0.483. The first-order valence-electron chi connectivity index (χ1n) is 5.21. The molecule has 112 valence electrons. The van der Waals surface area contributed by atoms with Crippen LogP contribution in [0.1, 0.15) is 0 Å². The molecular weight excluding hydrogens is 346 g/mol. The van der Waals surface area contributed by atoms with Crippen LogP contribution in [0.2, 0.25) is 10.2 Å². The molecule has 2 rings (SSSR count). The first kappa shape index (κ1) is 15.7. The zero-order valence-corrected chi connectivity index (χ0v) is 12.3. The van der Waals surface area contributed by atoms with Crippen molar-refractivity contribution in [2.24, 2.45) is 0 Å². The number of aromatic nitrogens is 2. The summed E-state index contributed by atoms with van der Waals surface area (Å²) >= 11 is 11.4. The minimum absolute atomic E-state index is 0.115. The van der Waals surface area contributed by atoms with Gasteiger partial charge in [-0.3, -0.25) is 4.55 Å². The summed E-state index contributed by atoms with van der Waals surface area (Å²) in [6.07, 6.45) is -1.09. The van der Waals surface area contributed by atoms with Crippen LogP contribution < -0.4 is 11.1 Å². The largest absolute Gasteiger partial charge is 0.398 e.